The molecule has 2 saturated heterocycles. The largest absolute Gasteiger partial charge is 0.371 e. The van der Waals surface area contributed by atoms with Gasteiger partial charge in [-0.05, 0) is 66.4 Å². The van der Waals surface area contributed by atoms with E-state index in [2.05, 4.69) is 14.6 Å². The van der Waals surface area contributed by atoms with E-state index in [9.17, 15) is 13.2 Å². The summed E-state index contributed by atoms with van der Waals surface area (Å²) in [6.07, 6.45) is 5.78. The zero-order valence-corrected chi connectivity index (χ0v) is 20.3. The van der Waals surface area contributed by atoms with Crippen LogP contribution in [0.5, 0.6) is 0 Å². The molecule has 0 aliphatic carbocycles. The number of benzene rings is 2. The average molecular weight is 499 g/mol. The number of hydrogen-bond acceptors (Lipinski definition) is 5. The van der Waals surface area contributed by atoms with E-state index in [1.165, 1.54) is 0 Å². The molecule has 2 fully saturated rings. The van der Waals surface area contributed by atoms with Gasteiger partial charge in [0, 0.05) is 61.2 Å². The lowest BCUT2D eigenvalue weighted by Gasteiger charge is -2.34. The molecule has 5 rings (SSSR count). The highest BCUT2D eigenvalue weighted by Crippen LogP contribution is 2.27. The molecule has 1 aromatic heterocycles. The molecule has 3 aromatic rings. The predicted molar refractivity (Wildman–Crippen MR) is 133 cm³/mol. The minimum Gasteiger partial charge on any atom is -0.371 e. The lowest BCUT2D eigenvalue weighted by Crippen LogP contribution is -2.43. The summed E-state index contributed by atoms with van der Waals surface area (Å²) in [6, 6.07) is 14.1. The lowest BCUT2D eigenvalue weighted by atomic mass is 9.95. The molecule has 0 radical (unpaired) electrons. The summed E-state index contributed by atoms with van der Waals surface area (Å²) >= 11 is 6.02. The molecule has 1 unspecified atom stereocenters. The fourth-order valence-electron chi connectivity index (χ4n) is 4.90. The van der Waals surface area contributed by atoms with Crippen LogP contribution in [0.3, 0.4) is 0 Å². The summed E-state index contributed by atoms with van der Waals surface area (Å²) in [6.45, 7) is 2.65. The fraction of sp³-hybridized carbons (Fsp3) is 0.360. The lowest BCUT2D eigenvalue weighted by molar-refractivity contribution is -0.135. The number of carbonyl (C=O) groups excluding carboxylic acids is 1. The summed E-state index contributed by atoms with van der Waals surface area (Å²) in [5.41, 5.74) is 1.13. The van der Waals surface area contributed by atoms with Crippen LogP contribution in [0.25, 0.3) is 10.8 Å². The van der Waals surface area contributed by atoms with Gasteiger partial charge in [0.2, 0.25) is 15.9 Å². The van der Waals surface area contributed by atoms with Gasteiger partial charge >= 0.3 is 0 Å². The third-order valence-corrected chi connectivity index (χ3v) is 8.53. The van der Waals surface area contributed by atoms with Crippen molar-refractivity contribution in [2.24, 2.45) is 5.92 Å². The smallest absolute Gasteiger partial charge is 0.240 e. The molecule has 2 aliphatic rings. The Morgan fingerprint density at radius 3 is 2.41 bits per heavy atom. The SMILES string of the molecule is O=C(C1CCN(c2ccncc2)CC1)N1CCC(NS(=O)(=O)c2ccc3cc(Cl)ccc3c2)C1. The van der Waals surface area contributed by atoms with Gasteiger partial charge in [0.05, 0.1) is 4.90 Å². The van der Waals surface area contributed by atoms with Crippen LogP contribution in [0.4, 0.5) is 5.69 Å². The maximum absolute atomic E-state index is 13.1. The number of anilines is 1. The first-order valence-corrected chi connectivity index (χ1v) is 13.4. The summed E-state index contributed by atoms with van der Waals surface area (Å²) in [5, 5.41) is 2.31. The highest BCUT2D eigenvalue weighted by molar-refractivity contribution is 7.89. The predicted octanol–water partition coefficient (Wildman–Crippen LogP) is 3.68. The molecular formula is C25H27ClN4O3S. The van der Waals surface area contributed by atoms with E-state index < -0.39 is 10.0 Å². The second kappa shape index (κ2) is 9.52. The van der Waals surface area contributed by atoms with E-state index in [0.29, 0.717) is 24.5 Å². The number of likely N-dealkylation sites (tertiary alicyclic amines) is 1. The number of carbonyl (C=O) groups is 1. The molecular weight excluding hydrogens is 472 g/mol. The Morgan fingerprint density at radius 2 is 1.65 bits per heavy atom. The van der Waals surface area contributed by atoms with Crippen LogP contribution in [0.2, 0.25) is 5.02 Å². The summed E-state index contributed by atoms with van der Waals surface area (Å²) in [7, 11) is -3.69. The van der Waals surface area contributed by atoms with E-state index in [4.69, 9.17) is 11.6 Å². The van der Waals surface area contributed by atoms with Gasteiger partial charge in [-0.1, -0.05) is 23.7 Å². The van der Waals surface area contributed by atoms with Gasteiger partial charge in [-0.15, -0.1) is 0 Å². The summed E-state index contributed by atoms with van der Waals surface area (Å²) < 4.78 is 28.8. The van der Waals surface area contributed by atoms with Crippen LogP contribution in [0.1, 0.15) is 19.3 Å². The molecule has 34 heavy (non-hydrogen) atoms. The molecule has 2 aliphatic heterocycles. The van der Waals surface area contributed by atoms with E-state index in [1.54, 1.807) is 36.7 Å². The monoisotopic (exact) mass is 498 g/mol. The Labute approximate surface area is 204 Å². The van der Waals surface area contributed by atoms with E-state index in [1.807, 2.05) is 29.2 Å². The van der Waals surface area contributed by atoms with Crippen LogP contribution in [0, 0.1) is 5.92 Å². The second-order valence-corrected chi connectivity index (χ2v) is 11.2. The number of amides is 1. The molecule has 9 heteroatoms. The number of sulfonamides is 1. The van der Waals surface area contributed by atoms with Crippen molar-refractivity contribution < 1.29 is 13.2 Å². The number of hydrogen-bond donors (Lipinski definition) is 1. The number of rotatable bonds is 5. The Balaban J connectivity index is 1.18. The summed E-state index contributed by atoms with van der Waals surface area (Å²) in [5.74, 6) is 0.124. The third-order valence-electron chi connectivity index (χ3n) is 6.78. The minimum atomic E-state index is -3.69. The highest BCUT2D eigenvalue weighted by atomic mass is 35.5. The van der Waals surface area contributed by atoms with Crippen molar-refractivity contribution in [3.8, 4) is 0 Å². The van der Waals surface area contributed by atoms with Crippen LogP contribution in [-0.4, -0.2) is 56.4 Å². The Morgan fingerprint density at radius 1 is 0.941 bits per heavy atom. The first-order valence-electron chi connectivity index (χ1n) is 11.5. The molecule has 3 heterocycles. The number of piperidine rings is 1. The Bertz CT molecular complexity index is 1290. The molecule has 0 bridgehead atoms. The first-order chi connectivity index (χ1) is 16.4. The summed E-state index contributed by atoms with van der Waals surface area (Å²) in [4.78, 5) is 21.5. The quantitative estimate of drug-likeness (QED) is 0.580. The number of halogens is 1. The number of aromatic nitrogens is 1. The molecule has 2 aromatic carbocycles. The molecule has 7 nitrogen and oxygen atoms in total. The zero-order valence-electron chi connectivity index (χ0n) is 18.7. The maximum atomic E-state index is 13.1. The highest BCUT2D eigenvalue weighted by Gasteiger charge is 2.34. The third kappa shape index (κ3) is 4.89. The van der Waals surface area contributed by atoms with E-state index in [0.717, 1.165) is 42.4 Å². The van der Waals surface area contributed by atoms with Crippen molar-refractivity contribution >= 4 is 44.0 Å². The molecule has 1 atom stereocenters. The van der Waals surface area contributed by atoms with Gasteiger partial charge < -0.3 is 9.80 Å². The molecule has 0 spiro atoms. The Hall–Kier alpha value is -2.68. The van der Waals surface area contributed by atoms with Crippen molar-refractivity contribution in [3.63, 3.8) is 0 Å². The van der Waals surface area contributed by atoms with Gasteiger partial charge in [0.1, 0.15) is 0 Å². The van der Waals surface area contributed by atoms with Crippen molar-refractivity contribution in [1.82, 2.24) is 14.6 Å². The zero-order chi connectivity index (χ0) is 23.7. The van der Waals surface area contributed by atoms with Gasteiger partial charge in [0.15, 0.2) is 0 Å². The average Bonchev–Trinajstić information content (AvgIpc) is 3.31. The molecule has 0 saturated carbocycles. The minimum absolute atomic E-state index is 0.0132. The normalized spacial score (nSPS) is 19.6. The van der Waals surface area contributed by atoms with Crippen molar-refractivity contribution in [1.29, 1.82) is 0 Å². The van der Waals surface area contributed by atoms with Crippen molar-refractivity contribution in [3.05, 3.63) is 65.9 Å². The van der Waals surface area contributed by atoms with Gasteiger partial charge in [-0.25, -0.2) is 13.1 Å². The van der Waals surface area contributed by atoms with Crippen molar-refractivity contribution in [2.75, 3.05) is 31.1 Å². The number of nitrogens with one attached hydrogen (secondary N) is 1. The number of nitrogens with zero attached hydrogens (tertiary/aromatic N) is 3. The van der Waals surface area contributed by atoms with Crippen LogP contribution >= 0.6 is 11.6 Å². The molecule has 1 amide bonds. The van der Waals surface area contributed by atoms with E-state index >= 15 is 0 Å². The first kappa shape index (κ1) is 23.1. The second-order valence-electron chi connectivity index (χ2n) is 9.01. The maximum Gasteiger partial charge on any atom is 0.240 e. The van der Waals surface area contributed by atoms with Gasteiger partial charge in [-0.3, -0.25) is 9.78 Å². The van der Waals surface area contributed by atoms with Crippen LogP contribution in [0.15, 0.2) is 65.8 Å². The van der Waals surface area contributed by atoms with Crippen LogP contribution < -0.4 is 9.62 Å². The molecule has 178 valence electrons. The standard InChI is InChI=1S/C25H27ClN4O3S/c26-21-3-1-20-16-24(4-2-19(20)15-21)34(32,33)28-22-9-14-30(17-22)25(31)18-7-12-29(13-8-18)23-5-10-27-11-6-23/h1-6,10-11,15-16,18,22,28H,7-9,12-14,17H2. The number of fused-ring (bicyclic) bond motifs is 1. The van der Waals surface area contributed by atoms with Gasteiger partial charge in [0.25, 0.3) is 0 Å². The van der Waals surface area contributed by atoms with E-state index in [-0.39, 0.29) is 22.8 Å². The topological polar surface area (TPSA) is 82.6 Å². The fourth-order valence-corrected chi connectivity index (χ4v) is 6.38. The van der Waals surface area contributed by atoms with Crippen molar-refractivity contribution in [2.45, 2.75) is 30.2 Å². The number of pyridine rings is 1. The molecule has 1 N–H and O–H groups in total. The van der Waals surface area contributed by atoms with Gasteiger partial charge in [-0.2, -0.15) is 0 Å². The van der Waals surface area contributed by atoms with Crippen LogP contribution in [-0.2, 0) is 14.8 Å². The Kier molecular flexibility index (Phi) is 6.46.